The van der Waals surface area contributed by atoms with Gasteiger partial charge in [-0.15, -0.1) is 0 Å². The number of nitrogens with one attached hydrogen (secondary N) is 1. The Morgan fingerprint density at radius 1 is 1.22 bits per heavy atom. The average molecular weight is 516 g/mol. The number of anilines is 2. The molecule has 0 radical (unpaired) electrons. The van der Waals surface area contributed by atoms with Crippen LogP contribution >= 0.6 is 0 Å². The van der Waals surface area contributed by atoms with Crippen molar-refractivity contribution in [1.29, 1.82) is 5.26 Å². The highest BCUT2D eigenvalue weighted by molar-refractivity contribution is 5.91. The van der Waals surface area contributed by atoms with Crippen LogP contribution in [0.5, 0.6) is 11.8 Å². The Kier molecular flexibility index (Phi) is 6.61. The lowest BCUT2D eigenvalue weighted by Crippen LogP contribution is -2.50. The fraction of sp³-hybridized carbons (Fsp3) is 0.609. The number of hydrogen-bond acceptors (Lipinski definition) is 11. The molecule has 5 rings (SSSR count). The lowest BCUT2D eigenvalue weighted by Gasteiger charge is -2.35. The molecule has 3 heterocycles. The van der Waals surface area contributed by atoms with Crippen LogP contribution in [0.4, 0.5) is 20.5 Å². The molecule has 14 heteroatoms. The summed E-state index contributed by atoms with van der Waals surface area (Å²) in [5.41, 5.74) is 5.24. The van der Waals surface area contributed by atoms with E-state index in [9.17, 15) is 18.8 Å². The number of carbonyl (C=O) groups excluding carboxylic acids is 1. The second kappa shape index (κ2) is 9.87. The highest BCUT2D eigenvalue weighted by Crippen LogP contribution is 2.45. The molecule has 196 valence electrons. The normalized spacial score (nSPS) is 20.4. The molecule has 0 spiro atoms. The molecular formula is C23H27F2N9O3. The standard InChI is InChI=1S/C23H27F2N9O3/c24-23(25)7-15(8-23)30-19(35)18-31-20(33-21(32-18)37-12-22(11-26)3-4-22)34-5-1-14(2-6-34)10-36-16-9-28-13-29-17(16)27/h9,13-15H,1-8,10,12H2,(H,30,35)(H2,27,28,29). The zero-order chi connectivity index (χ0) is 26.0. The van der Waals surface area contributed by atoms with E-state index < -0.39 is 36.1 Å². The summed E-state index contributed by atoms with van der Waals surface area (Å²) in [4.78, 5) is 35.3. The first kappa shape index (κ1) is 24.8. The largest absolute Gasteiger partial charge is 0.488 e. The fourth-order valence-corrected chi connectivity index (χ4v) is 4.25. The fourth-order valence-electron chi connectivity index (χ4n) is 4.25. The van der Waals surface area contributed by atoms with Gasteiger partial charge in [-0.1, -0.05) is 0 Å². The van der Waals surface area contributed by atoms with Crippen LogP contribution in [0.25, 0.3) is 0 Å². The van der Waals surface area contributed by atoms with E-state index >= 15 is 0 Å². The number of halogens is 2. The third kappa shape index (κ3) is 5.92. The molecule has 2 aromatic heterocycles. The summed E-state index contributed by atoms with van der Waals surface area (Å²) < 4.78 is 37.9. The van der Waals surface area contributed by atoms with E-state index in [0.717, 1.165) is 25.7 Å². The minimum atomic E-state index is -2.76. The first-order valence-corrected chi connectivity index (χ1v) is 12.2. The second-order valence-electron chi connectivity index (χ2n) is 9.87. The third-order valence-electron chi connectivity index (χ3n) is 6.88. The zero-order valence-corrected chi connectivity index (χ0v) is 20.1. The highest BCUT2D eigenvalue weighted by Gasteiger charge is 2.46. The van der Waals surface area contributed by atoms with Crippen molar-refractivity contribution >= 4 is 17.7 Å². The van der Waals surface area contributed by atoms with Crippen LogP contribution in [0, 0.1) is 22.7 Å². The molecule has 1 aliphatic heterocycles. The number of rotatable bonds is 9. The van der Waals surface area contributed by atoms with E-state index in [0.29, 0.717) is 25.4 Å². The number of aromatic nitrogens is 5. The lowest BCUT2D eigenvalue weighted by atomic mass is 9.88. The van der Waals surface area contributed by atoms with Crippen molar-refractivity contribution in [3.63, 3.8) is 0 Å². The van der Waals surface area contributed by atoms with Gasteiger partial charge in [-0.25, -0.2) is 18.7 Å². The summed E-state index contributed by atoms with van der Waals surface area (Å²) in [6.07, 6.45) is 5.04. The van der Waals surface area contributed by atoms with Gasteiger partial charge in [0.05, 0.1) is 24.3 Å². The molecule has 2 aliphatic carbocycles. The topological polar surface area (TPSA) is 165 Å². The molecular weight excluding hydrogens is 488 g/mol. The van der Waals surface area contributed by atoms with Crippen molar-refractivity contribution in [3.8, 4) is 17.8 Å². The van der Waals surface area contributed by atoms with Crippen molar-refractivity contribution in [1.82, 2.24) is 30.2 Å². The first-order chi connectivity index (χ1) is 17.7. The molecule has 3 aliphatic rings. The number of carbonyl (C=O) groups is 1. The summed E-state index contributed by atoms with van der Waals surface area (Å²) in [6, 6.07) is 1.53. The summed E-state index contributed by atoms with van der Waals surface area (Å²) in [5, 5.41) is 11.9. The Morgan fingerprint density at radius 3 is 2.62 bits per heavy atom. The number of nitrogen functional groups attached to an aromatic ring is 1. The van der Waals surface area contributed by atoms with Crippen molar-refractivity contribution in [3.05, 3.63) is 18.3 Å². The second-order valence-corrected chi connectivity index (χ2v) is 9.87. The summed E-state index contributed by atoms with van der Waals surface area (Å²) in [5.74, 6) is -2.40. The Balaban J connectivity index is 1.24. The Hall–Kier alpha value is -3.89. The number of nitrogens with zero attached hydrogens (tertiary/aromatic N) is 7. The molecule has 3 fully saturated rings. The number of nitriles is 1. The van der Waals surface area contributed by atoms with E-state index in [1.165, 1.54) is 12.5 Å². The SMILES string of the molecule is N#CC1(COc2nc(C(=O)NC3CC(F)(F)C3)nc(N3CCC(COc4cncnc4N)CC3)n2)CC1. The molecule has 3 N–H and O–H groups in total. The number of alkyl halides is 2. The molecule has 1 amide bonds. The van der Waals surface area contributed by atoms with Gasteiger partial charge in [-0.2, -0.15) is 20.2 Å². The smallest absolute Gasteiger partial charge is 0.322 e. The van der Waals surface area contributed by atoms with Crippen molar-refractivity contribution in [2.75, 3.05) is 36.9 Å². The van der Waals surface area contributed by atoms with Crippen LogP contribution in [0.3, 0.4) is 0 Å². The monoisotopic (exact) mass is 515 g/mol. The molecule has 2 aromatic rings. The molecule has 0 unspecified atom stereocenters. The highest BCUT2D eigenvalue weighted by atomic mass is 19.3. The molecule has 0 aromatic carbocycles. The van der Waals surface area contributed by atoms with Crippen molar-refractivity contribution < 1.29 is 23.0 Å². The van der Waals surface area contributed by atoms with Crippen LogP contribution in [-0.4, -0.2) is 69.1 Å². The van der Waals surface area contributed by atoms with Gasteiger partial charge in [-0.3, -0.25) is 4.79 Å². The third-order valence-corrected chi connectivity index (χ3v) is 6.88. The number of hydrogen-bond donors (Lipinski definition) is 2. The maximum absolute atomic E-state index is 13.2. The van der Waals surface area contributed by atoms with Gasteiger partial charge in [0.15, 0.2) is 11.6 Å². The number of nitrogens with two attached hydrogens (primary N) is 1. The van der Waals surface area contributed by atoms with Crippen LogP contribution in [0.2, 0.25) is 0 Å². The minimum absolute atomic E-state index is 0.0689. The number of piperidine rings is 1. The van der Waals surface area contributed by atoms with Crippen molar-refractivity contribution in [2.45, 2.75) is 50.5 Å². The van der Waals surface area contributed by atoms with Gasteiger partial charge in [0.25, 0.3) is 11.8 Å². The van der Waals surface area contributed by atoms with Gasteiger partial charge in [0.2, 0.25) is 11.8 Å². The van der Waals surface area contributed by atoms with Crippen LogP contribution < -0.4 is 25.4 Å². The van der Waals surface area contributed by atoms with Gasteiger partial charge >= 0.3 is 6.01 Å². The van der Waals surface area contributed by atoms with Crippen LogP contribution in [0.15, 0.2) is 12.5 Å². The molecule has 37 heavy (non-hydrogen) atoms. The van der Waals surface area contributed by atoms with Gasteiger partial charge < -0.3 is 25.4 Å². The van der Waals surface area contributed by atoms with E-state index in [2.05, 4.69) is 36.3 Å². The summed E-state index contributed by atoms with van der Waals surface area (Å²) in [6.45, 7) is 1.74. The average Bonchev–Trinajstić information content (AvgIpc) is 3.66. The maximum atomic E-state index is 13.2. The van der Waals surface area contributed by atoms with Gasteiger partial charge in [-0.05, 0) is 31.6 Å². The molecule has 12 nitrogen and oxygen atoms in total. The van der Waals surface area contributed by atoms with E-state index in [1.807, 2.05) is 4.90 Å². The quantitative estimate of drug-likeness (QED) is 0.500. The molecule has 2 saturated carbocycles. The van der Waals surface area contributed by atoms with Crippen LogP contribution in [0.1, 0.15) is 49.1 Å². The Bertz CT molecular complexity index is 1190. The maximum Gasteiger partial charge on any atom is 0.322 e. The molecule has 1 saturated heterocycles. The predicted octanol–water partition coefficient (Wildman–Crippen LogP) is 1.75. The summed E-state index contributed by atoms with van der Waals surface area (Å²) in [7, 11) is 0. The molecule has 0 bridgehead atoms. The minimum Gasteiger partial charge on any atom is -0.488 e. The number of ether oxygens (including phenoxy) is 2. The zero-order valence-electron chi connectivity index (χ0n) is 20.1. The Labute approximate surface area is 211 Å². The van der Waals surface area contributed by atoms with E-state index in [-0.39, 0.29) is 36.1 Å². The summed E-state index contributed by atoms with van der Waals surface area (Å²) >= 11 is 0. The first-order valence-electron chi connectivity index (χ1n) is 12.2. The predicted molar refractivity (Wildman–Crippen MR) is 125 cm³/mol. The number of amides is 1. The van der Waals surface area contributed by atoms with Crippen molar-refractivity contribution in [2.24, 2.45) is 11.3 Å². The Morgan fingerprint density at radius 2 is 1.97 bits per heavy atom. The van der Waals surface area contributed by atoms with Crippen LogP contribution in [-0.2, 0) is 0 Å². The lowest BCUT2D eigenvalue weighted by molar-refractivity contribution is -0.0902. The van der Waals surface area contributed by atoms with E-state index in [4.69, 9.17) is 15.2 Å². The van der Waals surface area contributed by atoms with E-state index in [1.54, 1.807) is 0 Å². The van der Waals surface area contributed by atoms with Gasteiger partial charge in [0, 0.05) is 32.0 Å². The van der Waals surface area contributed by atoms with Gasteiger partial charge in [0.1, 0.15) is 12.9 Å². The molecule has 0 atom stereocenters.